The molecule has 0 spiro atoms. The molecule has 5 nitrogen and oxygen atoms in total. The number of carbonyl (C=O) groups is 3. The summed E-state index contributed by atoms with van der Waals surface area (Å²) in [5.41, 5.74) is 1.51. The Hall–Kier alpha value is -1.99. The molecule has 0 fully saturated rings. The third-order valence-corrected chi connectivity index (χ3v) is 10.2. The number of Topliss-reactive ketones (excluding diaryl/α,β-unsaturated/α-hetero) is 1. The van der Waals surface area contributed by atoms with Gasteiger partial charge < -0.3 is 9.50 Å². The predicted molar refractivity (Wildman–Crippen MR) is 139 cm³/mol. The van der Waals surface area contributed by atoms with Crippen LogP contribution in [-0.2, 0) is 14.4 Å². The van der Waals surface area contributed by atoms with Gasteiger partial charge in [0, 0.05) is 29.7 Å². The van der Waals surface area contributed by atoms with Gasteiger partial charge in [-0.3, -0.25) is 14.4 Å². The molecule has 0 bridgehead atoms. The third-order valence-electron chi connectivity index (χ3n) is 5.10. The van der Waals surface area contributed by atoms with Crippen molar-refractivity contribution in [2.24, 2.45) is 0 Å². The monoisotopic (exact) mass is 479 g/mol. The minimum atomic E-state index is -1.27. The average molecular weight is 480 g/mol. The van der Waals surface area contributed by atoms with Crippen molar-refractivity contribution in [3.63, 3.8) is 0 Å². The van der Waals surface area contributed by atoms with E-state index in [1.54, 1.807) is 13.0 Å². The summed E-state index contributed by atoms with van der Waals surface area (Å²) in [7, 11) is -1.27. The molecule has 1 N–H and O–H groups in total. The third kappa shape index (κ3) is 9.65. The number of benzene rings is 1. The lowest BCUT2D eigenvalue weighted by Crippen LogP contribution is -2.29. The van der Waals surface area contributed by atoms with E-state index in [9.17, 15) is 14.4 Å². The molecular formula is C25H37NO4S2. The largest absolute Gasteiger partial charge is 0.449 e. The van der Waals surface area contributed by atoms with Crippen LogP contribution in [0.25, 0.3) is 6.08 Å². The van der Waals surface area contributed by atoms with Crippen LogP contribution in [0.5, 0.6) is 5.75 Å². The molecule has 1 aromatic carbocycles. The summed E-state index contributed by atoms with van der Waals surface area (Å²) < 4.78 is 6.51. The Balaban J connectivity index is 2.69. The Kier molecular flexibility index (Phi) is 11.3. The van der Waals surface area contributed by atoms with Gasteiger partial charge in [0.25, 0.3) is 0 Å². The Morgan fingerprint density at radius 2 is 1.88 bits per heavy atom. The molecule has 1 unspecified atom stereocenters. The van der Waals surface area contributed by atoms with Gasteiger partial charge in [0.1, 0.15) is 5.75 Å². The van der Waals surface area contributed by atoms with Crippen LogP contribution in [-0.4, -0.2) is 45.9 Å². The highest BCUT2D eigenvalue weighted by atomic mass is 32.3. The molecule has 0 aliphatic carbocycles. The first kappa shape index (κ1) is 28.0. The predicted octanol–water partition coefficient (Wildman–Crippen LogP) is 5.55. The number of hydrogen-bond donors (Lipinski definition) is 1. The maximum Gasteiger partial charge on any atom is 0.216 e. The minimum absolute atomic E-state index is 0.0768. The number of rotatable bonds is 11. The fraction of sp³-hybridized carbons (Fsp3) is 0.480. The second-order valence-electron chi connectivity index (χ2n) is 8.57. The first-order valence-electron chi connectivity index (χ1n) is 10.7. The summed E-state index contributed by atoms with van der Waals surface area (Å²) >= 11 is 1.06. The Labute approximate surface area is 199 Å². The van der Waals surface area contributed by atoms with Crippen LogP contribution in [0.2, 0.25) is 0 Å². The zero-order chi connectivity index (χ0) is 24.4. The fourth-order valence-electron chi connectivity index (χ4n) is 2.61. The normalized spacial score (nSPS) is 15.2. The van der Waals surface area contributed by atoms with Crippen molar-refractivity contribution < 1.29 is 18.6 Å². The topological polar surface area (TPSA) is 72.5 Å². The van der Waals surface area contributed by atoms with E-state index in [-0.39, 0.29) is 28.0 Å². The number of amides is 1. The van der Waals surface area contributed by atoms with Crippen LogP contribution in [0.1, 0.15) is 53.5 Å². The maximum absolute atomic E-state index is 12.3. The van der Waals surface area contributed by atoms with E-state index in [4.69, 9.17) is 4.18 Å². The smallest absolute Gasteiger partial charge is 0.216 e. The van der Waals surface area contributed by atoms with E-state index in [1.165, 1.54) is 6.92 Å². The Morgan fingerprint density at radius 1 is 1.19 bits per heavy atom. The number of allylic oxidation sites excluding steroid dienone is 3. The molecule has 178 valence electrons. The molecule has 1 aromatic rings. The van der Waals surface area contributed by atoms with Crippen molar-refractivity contribution >= 4 is 45.0 Å². The van der Waals surface area contributed by atoms with Crippen LogP contribution >= 0.6 is 22.1 Å². The van der Waals surface area contributed by atoms with Gasteiger partial charge >= 0.3 is 0 Å². The number of ketones is 1. The Bertz CT molecular complexity index is 871. The lowest BCUT2D eigenvalue weighted by Gasteiger charge is -2.46. The molecule has 0 aliphatic rings. The second kappa shape index (κ2) is 12.9. The summed E-state index contributed by atoms with van der Waals surface area (Å²) in [5, 5.41) is 2.43. The van der Waals surface area contributed by atoms with Gasteiger partial charge in [-0.25, -0.2) is 0 Å². The lowest BCUT2D eigenvalue weighted by atomic mass is 10.1. The second-order valence-corrected chi connectivity index (χ2v) is 13.7. The molecular weight excluding hydrogens is 442 g/mol. The van der Waals surface area contributed by atoms with Gasteiger partial charge in [0.2, 0.25) is 5.91 Å². The van der Waals surface area contributed by atoms with Crippen LogP contribution in [0.15, 0.2) is 42.0 Å². The molecule has 7 heteroatoms. The number of nitrogens with one attached hydrogen (secondary N) is 1. The van der Waals surface area contributed by atoms with E-state index < -0.39 is 10.3 Å². The number of thioether (sulfide) groups is 1. The van der Waals surface area contributed by atoms with E-state index in [1.807, 2.05) is 36.4 Å². The summed E-state index contributed by atoms with van der Waals surface area (Å²) in [4.78, 5) is 35.0. The van der Waals surface area contributed by atoms with Crippen molar-refractivity contribution in [2.45, 2.75) is 52.7 Å². The molecule has 0 aliphatic heterocycles. The molecule has 0 saturated heterocycles. The van der Waals surface area contributed by atoms with Crippen LogP contribution in [0, 0.1) is 0 Å². The van der Waals surface area contributed by atoms with Crippen molar-refractivity contribution in [3.8, 4) is 5.75 Å². The zero-order valence-corrected chi connectivity index (χ0v) is 22.0. The minimum Gasteiger partial charge on any atom is -0.449 e. The van der Waals surface area contributed by atoms with Gasteiger partial charge in [0.05, 0.1) is 6.42 Å². The molecule has 0 heterocycles. The van der Waals surface area contributed by atoms with Crippen LogP contribution in [0.4, 0.5) is 0 Å². The molecule has 32 heavy (non-hydrogen) atoms. The molecule has 0 radical (unpaired) electrons. The highest BCUT2D eigenvalue weighted by Crippen LogP contribution is 2.56. The number of carbonyl (C=O) groups excluding carboxylic acids is 3. The lowest BCUT2D eigenvalue weighted by molar-refractivity contribution is -0.121. The highest BCUT2D eigenvalue weighted by molar-refractivity contribution is 8.30. The van der Waals surface area contributed by atoms with Crippen LogP contribution < -0.4 is 9.50 Å². The van der Waals surface area contributed by atoms with E-state index >= 15 is 0 Å². The van der Waals surface area contributed by atoms with Crippen LogP contribution in [0.3, 0.4) is 0 Å². The molecule has 0 saturated carbocycles. The molecule has 1 atom stereocenters. The fourth-order valence-corrected chi connectivity index (χ4v) is 5.04. The number of hydrogen-bond acceptors (Lipinski definition) is 5. The quantitative estimate of drug-likeness (QED) is 0.195. The van der Waals surface area contributed by atoms with Gasteiger partial charge in [-0.2, -0.15) is 0 Å². The first-order valence-corrected chi connectivity index (χ1v) is 13.8. The zero-order valence-electron chi connectivity index (χ0n) is 20.3. The van der Waals surface area contributed by atoms with Gasteiger partial charge in [-0.15, -0.1) is 0 Å². The van der Waals surface area contributed by atoms with E-state index in [0.717, 1.165) is 28.8 Å². The molecule has 1 rings (SSSR count). The molecule has 1 amide bonds. The Morgan fingerprint density at radius 3 is 2.47 bits per heavy atom. The van der Waals surface area contributed by atoms with Gasteiger partial charge in [-0.05, 0) is 57.2 Å². The molecule has 0 aromatic heterocycles. The summed E-state index contributed by atoms with van der Waals surface area (Å²) in [6, 6.07) is 7.93. The van der Waals surface area contributed by atoms with Gasteiger partial charge in [0.15, 0.2) is 10.9 Å². The van der Waals surface area contributed by atoms with Crippen molar-refractivity contribution in [1.82, 2.24) is 5.32 Å². The van der Waals surface area contributed by atoms with E-state index in [0.29, 0.717) is 17.9 Å². The maximum atomic E-state index is 12.3. The van der Waals surface area contributed by atoms with Gasteiger partial charge in [-0.1, -0.05) is 59.4 Å². The van der Waals surface area contributed by atoms with Crippen molar-refractivity contribution in [3.05, 3.63) is 47.6 Å². The standard InChI is InChI=1S/C25H37NO4S2/c1-8-32(7,25(4,5)6)30-22-14-10-13-21(17-22)12-9-11-19(2)23(28)18-24(29)31-16-15-26-20(3)27/h9-14,17H,8,15-16,18H2,1-7H3,(H,26,27)/b12-9+,19-11+. The summed E-state index contributed by atoms with van der Waals surface area (Å²) in [6.07, 6.45) is 7.53. The average Bonchev–Trinajstić information content (AvgIpc) is 2.70. The van der Waals surface area contributed by atoms with Crippen molar-refractivity contribution in [2.75, 3.05) is 24.3 Å². The summed E-state index contributed by atoms with van der Waals surface area (Å²) in [5.74, 6) is 1.95. The SMILES string of the molecule is CCS(C)(Oc1cccc(/C=C/C=C(\C)C(=O)CC(=O)SCCNC(C)=O)c1)C(C)(C)C. The van der Waals surface area contributed by atoms with Crippen molar-refractivity contribution in [1.29, 1.82) is 0 Å². The highest BCUT2D eigenvalue weighted by Gasteiger charge is 2.33. The summed E-state index contributed by atoms with van der Waals surface area (Å²) in [6.45, 7) is 12.4. The first-order chi connectivity index (χ1) is 14.9. The van der Waals surface area contributed by atoms with E-state index in [2.05, 4.69) is 39.3 Å².